The molecule has 1 aromatic heterocycles. The van der Waals surface area contributed by atoms with Crippen molar-refractivity contribution >= 4 is 23.3 Å². The van der Waals surface area contributed by atoms with Crippen LogP contribution in [-0.4, -0.2) is 37.2 Å². The Kier molecular flexibility index (Phi) is 7.40. The molecule has 1 saturated heterocycles. The topological polar surface area (TPSA) is 63.7 Å². The van der Waals surface area contributed by atoms with Gasteiger partial charge in [-0.25, -0.2) is 4.98 Å². The maximum atomic E-state index is 12.9. The van der Waals surface area contributed by atoms with Crippen molar-refractivity contribution in [2.24, 2.45) is 5.92 Å². The molecular formula is C25H32ClN3O3. The molecule has 2 heterocycles. The van der Waals surface area contributed by atoms with Crippen LogP contribution in [0.15, 0.2) is 36.5 Å². The van der Waals surface area contributed by atoms with E-state index in [9.17, 15) is 4.79 Å². The minimum absolute atomic E-state index is 0.00729. The zero-order valence-electron chi connectivity index (χ0n) is 18.9. The lowest BCUT2D eigenvalue weighted by atomic mass is 9.95. The summed E-state index contributed by atoms with van der Waals surface area (Å²) in [5.41, 5.74) is 1.01. The summed E-state index contributed by atoms with van der Waals surface area (Å²) in [4.78, 5) is 19.5. The number of benzene rings is 1. The van der Waals surface area contributed by atoms with Crippen molar-refractivity contribution in [1.29, 1.82) is 0 Å². The molecule has 1 amide bonds. The van der Waals surface area contributed by atoms with Gasteiger partial charge in [0.2, 0.25) is 5.91 Å². The minimum Gasteiger partial charge on any atom is -0.493 e. The van der Waals surface area contributed by atoms with Crippen molar-refractivity contribution in [3.63, 3.8) is 0 Å². The molecule has 6 nitrogen and oxygen atoms in total. The smallest absolute Gasteiger partial charge is 0.223 e. The van der Waals surface area contributed by atoms with E-state index in [1.54, 1.807) is 13.3 Å². The Morgan fingerprint density at radius 3 is 2.53 bits per heavy atom. The number of carbonyl (C=O) groups excluding carboxylic acids is 1. The van der Waals surface area contributed by atoms with Crippen LogP contribution in [-0.2, 0) is 4.79 Å². The number of nitrogens with one attached hydrogen (secondary N) is 1. The molecule has 1 saturated carbocycles. The second kappa shape index (κ2) is 10.4. The van der Waals surface area contributed by atoms with Gasteiger partial charge in [-0.05, 0) is 75.3 Å². The Hall–Kier alpha value is -2.47. The van der Waals surface area contributed by atoms with Crippen LogP contribution in [0, 0.1) is 5.92 Å². The van der Waals surface area contributed by atoms with Crippen molar-refractivity contribution in [3.05, 3.63) is 47.1 Å². The zero-order valence-corrected chi connectivity index (χ0v) is 19.6. The molecular weight excluding hydrogens is 426 g/mol. The minimum atomic E-state index is -0.104. The highest BCUT2D eigenvalue weighted by atomic mass is 35.5. The standard InChI is InChI=1S/C25H32ClN3O3/c1-17(19-7-9-22(23(15-19)31-2)32-21-5-3-4-6-21)28-25(30)18-11-13-29(14-12-18)24-10-8-20(26)16-27-24/h7-10,15-18,21H,3-6,11-14H2,1-2H3,(H,28,30). The number of rotatable bonds is 7. The second-order valence-corrected chi connectivity index (χ2v) is 9.20. The first-order valence-electron chi connectivity index (χ1n) is 11.5. The Balaban J connectivity index is 1.31. The third kappa shape index (κ3) is 5.47. The highest BCUT2D eigenvalue weighted by Gasteiger charge is 2.27. The summed E-state index contributed by atoms with van der Waals surface area (Å²) in [6.07, 6.45) is 8.21. The largest absolute Gasteiger partial charge is 0.493 e. The second-order valence-electron chi connectivity index (χ2n) is 8.76. The van der Waals surface area contributed by atoms with Crippen molar-refractivity contribution < 1.29 is 14.3 Å². The first-order valence-corrected chi connectivity index (χ1v) is 11.9. The highest BCUT2D eigenvalue weighted by molar-refractivity contribution is 6.30. The van der Waals surface area contributed by atoms with Gasteiger partial charge in [-0.2, -0.15) is 0 Å². The molecule has 0 bridgehead atoms. The van der Waals surface area contributed by atoms with Gasteiger partial charge < -0.3 is 19.7 Å². The monoisotopic (exact) mass is 457 g/mol. The van der Waals surface area contributed by atoms with E-state index in [1.165, 1.54) is 12.8 Å². The lowest BCUT2D eigenvalue weighted by Gasteiger charge is -2.32. The number of anilines is 1. The van der Waals surface area contributed by atoms with Gasteiger partial charge in [0.1, 0.15) is 5.82 Å². The Morgan fingerprint density at radius 2 is 1.88 bits per heavy atom. The Bertz CT molecular complexity index is 907. The molecule has 1 aliphatic heterocycles. The number of ether oxygens (including phenoxy) is 2. The number of methoxy groups -OCH3 is 1. The van der Waals surface area contributed by atoms with E-state index in [-0.39, 0.29) is 24.0 Å². The summed E-state index contributed by atoms with van der Waals surface area (Å²) in [6.45, 7) is 3.63. The fourth-order valence-corrected chi connectivity index (χ4v) is 4.69. The van der Waals surface area contributed by atoms with E-state index in [1.807, 2.05) is 37.3 Å². The molecule has 4 rings (SSSR count). The van der Waals surface area contributed by atoms with Crippen molar-refractivity contribution in [2.75, 3.05) is 25.1 Å². The zero-order chi connectivity index (χ0) is 22.5. The van der Waals surface area contributed by atoms with Crippen LogP contribution >= 0.6 is 11.6 Å². The number of aromatic nitrogens is 1. The molecule has 1 N–H and O–H groups in total. The summed E-state index contributed by atoms with van der Waals surface area (Å²) in [6, 6.07) is 9.64. The summed E-state index contributed by atoms with van der Waals surface area (Å²) >= 11 is 5.93. The summed E-state index contributed by atoms with van der Waals surface area (Å²) in [5, 5.41) is 3.82. The van der Waals surface area contributed by atoms with Crippen LogP contribution in [0.3, 0.4) is 0 Å². The fraction of sp³-hybridized carbons (Fsp3) is 0.520. The average Bonchev–Trinajstić information content (AvgIpc) is 3.33. The number of pyridine rings is 1. The van der Waals surface area contributed by atoms with Crippen LogP contribution in [0.2, 0.25) is 5.02 Å². The number of amides is 1. The van der Waals surface area contributed by atoms with Crippen LogP contribution in [0.25, 0.3) is 0 Å². The molecule has 32 heavy (non-hydrogen) atoms. The first-order chi connectivity index (χ1) is 15.5. The third-order valence-electron chi connectivity index (χ3n) is 6.54. The van der Waals surface area contributed by atoms with E-state index in [0.717, 1.165) is 61.7 Å². The van der Waals surface area contributed by atoms with Gasteiger partial charge in [-0.15, -0.1) is 0 Å². The lowest BCUT2D eigenvalue weighted by molar-refractivity contribution is -0.126. The number of carbonyl (C=O) groups is 1. The van der Waals surface area contributed by atoms with Gasteiger partial charge in [-0.3, -0.25) is 4.79 Å². The quantitative estimate of drug-likeness (QED) is 0.622. The average molecular weight is 458 g/mol. The molecule has 2 aliphatic rings. The summed E-state index contributed by atoms with van der Waals surface area (Å²) < 4.78 is 11.7. The van der Waals surface area contributed by atoms with Crippen molar-refractivity contribution in [1.82, 2.24) is 10.3 Å². The van der Waals surface area contributed by atoms with E-state index in [2.05, 4.69) is 15.2 Å². The van der Waals surface area contributed by atoms with Gasteiger partial charge in [0.15, 0.2) is 11.5 Å². The van der Waals surface area contributed by atoms with Crippen molar-refractivity contribution in [2.45, 2.75) is 57.6 Å². The van der Waals surface area contributed by atoms with E-state index < -0.39 is 0 Å². The maximum absolute atomic E-state index is 12.9. The fourth-order valence-electron chi connectivity index (χ4n) is 4.58. The van der Waals surface area contributed by atoms with Gasteiger partial charge in [0.05, 0.1) is 24.3 Å². The van der Waals surface area contributed by atoms with Crippen LogP contribution < -0.4 is 19.7 Å². The molecule has 1 aromatic carbocycles. The Morgan fingerprint density at radius 1 is 1.12 bits per heavy atom. The number of hydrogen-bond donors (Lipinski definition) is 1. The maximum Gasteiger partial charge on any atom is 0.223 e. The summed E-state index contributed by atoms with van der Waals surface area (Å²) in [5.74, 6) is 2.53. The Labute approximate surface area is 195 Å². The highest BCUT2D eigenvalue weighted by Crippen LogP contribution is 2.34. The van der Waals surface area contributed by atoms with Crippen LogP contribution in [0.5, 0.6) is 11.5 Å². The van der Waals surface area contributed by atoms with Crippen LogP contribution in [0.1, 0.15) is 57.1 Å². The van der Waals surface area contributed by atoms with Crippen molar-refractivity contribution in [3.8, 4) is 11.5 Å². The predicted molar refractivity (Wildman–Crippen MR) is 127 cm³/mol. The molecule has 172 valence electrons. The number of halogens is 1. The van der Waals surface area contributed by atoms with Gasteiger partial charge >= 0.3 is 0 Å². The molecule has 1 unspecified atom stereocenters. The molecule has 0 radical (unpaired) electrons. The molecule has 1 atom stereocenters. The SMILES string of the molecule is COc1cc(C(C)NC(=O)C2CCN(c3ccc(Cl)cn3)CC2)ccc1OC1CCCC1. The number of piperidine rings is 1. The van der Waals surface area contributed by atoms with Gasteiger partial charge in [0, 0.05) is 25.2 Å². The van der Waals surface area contributed by atoms with Gasteiger partial charge in [-0.1, -0.05) is 17.7 Å². The molecule has 0 spiro atoms. The van der Waals surface area contributed by atoms with Gasteiger partial charge in [0.25, 0.3) is 0 Å². The lowest BCUT2D eigenvalue weighted by Crippen LogP contribution is -2.41. The van der Waals surface area contributed by atoms with Crippen LogP contribution in [0.4, 0.5) is 5.82 Å². The molecule has 2 aromatic rings. The molecule has 2 fully saturated rings. The number of nitrogens with zero attached hydrogens (tertiary/aromatic N) is 2. The first kappa shape index (κ1) is 22.7. The normalized spacial score (nSPS) is 18.4. The van der Waals surface area contributed by atoms with E-state index in [0.29, 0.717) is 5.02 Å². The van der Waals surface area contributed by atoms with E-state index in [4.69, 9.17) is 21.1 Å². The predicted octanol–water partition coefficient (Wildman–Crippen LogP) is 5.16. The summed E-state index contributed by atoms with van der Waals surface area (Å²) in [7, 11) is 1.66. The third-order valence-corrected chi connectivity index (χ3v) is 6.77. The molecule has 7 heteroatoms. The van der Waals surface area contributed by atoms with E-state index >= 15 is 0 Å². The molecule has 1 aliphatic carbocycles. The number of hydrogen-bond acceptors (Lipinski definition) is 5.